The highest BCUT2D eigenvalue weighted by Gasteiger charge is 2.20. The second-order valence-corrected chi connectivity index (χ2v) is 5.65. The van der Waals surface area contributed by atoms with Crippen LogP contribution in [0.25, 0.3) is 0 Å². The Balaban J connectivity index is 0.00000176. The van der Waals surface area contributed by atoms with E-state index in [0.717, 1.165) is 43.9 Å². The van der Waals surface area contributed by atoms with Crippen LogP contribution >= 0.6 is 12.4 Å². The third-order valence-electron chi connectivity index (χ3n) is 3.94. The van der Waals surface area contributed by atoms with Crippen molar-refractivity contribution in [2.24, 2.45) is 0 Å². The maximum atomic E-state index is 12.1. The first-order chi connectivity index (χ1) is 10.3. The second kappa shape index (κ2) is 8.36. The SMILES string of the molecule is Cl.O=C(CC1CCCN1)Nc1ccccc1OC1CCOC1. The number of ether oxygens (including phenoxy) is 2. The van der Waals surface area contributed by atoms with Gasteiger partial charge in [0.25, 0.3) is 0 Å². The summed E-state index contributed by atoms with van der Waals surface area (Å²) in [5, 5.41) is 6.30. The molecule has 0 radical (unpaired) electrons. The number of para-hydroxylation sites is 2. The summed E-state index contributed by atoms with van der Waals surface area (Å²) in [5.41, 5.74) is 0.743. The summed E-state index contributed by atoms with van der Waals surface area (Å²) in [6, 6.07) is 7.90. The van der Waals surface area contributed by atoms with Crippen LogP contribution in [-0.2, 0) is 9.53 Å². The van der Waals surface area contributed by atoms with Crippen LogP contribution in [0.2, 0.25) is 0 Å². The van der Waals surface area contributed by atoms with E-state index in [4.69, 9.17) is 9.47 Å². The quantitative estimate of drug-likeness (QED) is 0.872. The van der Waals surface area contributed by atoms with E-state index in [1.165, 1.54) is 0 Å². The molecule has 2 aliphatic heterocycles. The molecule has 2 aliphatic rings. The first-order valence-corrected chi connectivity index (χ1v) is 7.68. The van der Waals surface area contributed by atoms with Gasteiger partial charge in [0.15, 0.2) is 0 Å². The lowest BCUT2D eigenvalue weighted by Crippen LogP contribution is -2.27. The van der Waals surface area contributed by atoms with E-state index < -0.39 is 0 Å². The molecule has 1 aromatic carbocycles. The molecule has 5 nitrogen and oxygen atoms in total. The van der Waals surface area contributed by atoms with Crippen molar-refractivity contribution in [3.05, 3.63) is 24.3 Å². The van der Waals surface area contributed by atoms with Crippen LogP contribution in [0.4, 0.5) is 5.69 Å². The standard InChI is InChI=1S/C16H22N2O3.ClH/c19-16(10-12-4-3-8-17-12)18-14-5-1-2-6-15(14)21-13-7-9-20-11-13;/h1-2,5-6,12-13,17H,3-4,7-11H2,(H,18,19);1H. The largest absolute Gasteiger partial charge is 0.486 e. The van der Waals surface area contributed by atoms with Crippen LogP contribution in [0, 0.1) is 0 Å². The van der Waals surface area contributed by atoms with E-state index in [1.807, 2.05) is 24.3 Å². The molecular formula is C16H23ClN2O3. The van der Waals surface area contributed by atoms with E-state index in [1.54, 1.807) is 0 Å². The van der Waals surface area contributed by atoms with Gasteiger partial charge in [0, 0.05) is 18.9 Å². The number of carbonyl (C=O) groups is 1. The summed E-state index contributed by atoms with van der Waals surface area (Å²) in [7, 11) is 0. The van der Waals surface area contributed by atoms with Crippen molar-refractivity contribution in [1.82, 2.24) is 5.32 Å². The maximum Gasteiger partial charge on any atom is 0.226 e. The Morgan fingerprint density at radius 1 is 1.36 bits per heavy atom. The summed E-state index contributed by atoms with van der Waals surface area (Å²) in [5.74, 6) is 0.758. The molecule has 2 N–H and O–H groups in total. The zero-order valence-corrected chi connectivity index (χ0v) is 13.4. The van der Waals surface area contributed by atoms with Crippen LogP contribution in [0.3, 0.4) is 0 Å². The third-order valence-corrected chi connectivity index (χ3v) is 3.94. The van der Waals surface area contributed by atoms with E-state index in [-0.39, 0.29) is 24.4 Å². The minimum absolute atomic E-state index is 0. The highest BCUT2D eigenvalue weighted by molar-refractivity contribution is 5.92. The van der Waals surface area contributed by atoms with Gasteiger partial charge < -0.3 is 20.1 Å². The molecule has 0 aromatic heterocycles. The van der Waals surface area contributed by atoms with Crippen molar-refractivity contribution in [1.29, 1.82) is 0 Å². The highest BCUT2D eigenvalue weighted by atomic mass is 35.5. The van der Waals surface area contributed by atoms with Gasteiger partial charge in [-0.2, -0.15) is 0 Å². The molecule has 2 fully saturated rings. The number of halogens is 1. The fourth-order valence-electron chi connectivity index (χ4n) is 2.81. The molecule has 22 heavy (non-hydrogen) atoms. The monoisotopic (exact) mass is 326 g/mol. The van der Waals surface area contributed by atoms with Crippen LogP contribution in [-0.4, -0.2) is 37.8 Å². The average Bonchev–Trinajstić information content (AvgIpc) is 3.14. The molecular weight excluding hydrogens is 304 g/mol. The van der Waals surface area contributed by atoms with Gasteiger partial charge in [-0.3, -0.25) is 4.79 Å². The molecule has 1 amide bonds. The number of hydrogen-bond donors (Lipinski definition) is 2. The van der Waals surface area contributed by atoms with Crippen molar-refractivity contribution in [2.75, 3.05) is 25.1 Å². The summed E-state index contributed by atoms with van der Waals surface area (Å²) in [6.07, 6.45) is 3.72. The van der Waals surface area contributed by atoms with Crippen molar-refractivity contribution in [3.8, 4) is 5.75 Å². The van der Waals surface area contributed by atoms with E-state index in [0.29, 0.717) is 19.1 Å². The molecule has 122 valence electrons. The van der Waals surface area contributed by atoms with Crippen LogP contribution < -0.4 is 15.4 Å². The van der Waals surface area contributed by atoms with Gasteiger partial charge in [-0.25, -0.2) is 0 Å². The zero-order valence-electron chi connectivity index (χ0n) is 12.5. The van der Waals surface area contributed by atoms with Gasteiger partial charge in [0.1, 0.15) is 11.9 Å². The van der Waals surface area contributed by atoms with Gasteiger partial charge in [0.05, 0.1) is 18.9 Å². The van der Waals surface area contributed by atoms with Crippen LogP contribution in [0.5, 0.6) is 5.75 Å². The Bertz CT molecular complexity index is 486. The number of rotatable bonds is 5. The fraction of sp³-hybridized carbons (Fsp3) is 0.562. The molecule has 0 aliphatic carbocycles. The normalized spacial score (nSPS) is 23.8. The second-order valence-electron chi connectivity index (χ2n) is 5.65. The van der Waals surface area contributed by atoms with Gasteiger partial charge in [-0.05, 0) is 31.5 Å². The lowest BCUT2D eigenvalue weighted by molar-refractivity contribution is -0.116. The highest BCUT2D eigenvalue weighted by Crippen LogP contribution is 2.27. The van der Waals surface area contributed by atoms with E-state index in [9.17, 15) is 4.79 Å². The Morgan fingerprint density at radius 2 is 2.23 bits per heavy atom. The van der Waals surface area contributed by atoms with Gasteiger partial charge in [-0.15, -0.1) is 12.4 Å². The zero-order chi connectivity index (χ0) is 14.5. The van der Waals surface area contributed by atoms with E-state index >= 15 is 0 Å². The van der Waals surface area contributed by atoms with Gasteiger partial charge in [-0.1, -0.05) is 12.1 Å². The van der Waals surface area contributed by atoms with Crippen molar-refractivity contribution in [3.63, 3.8) is 0 Å². The third kappa shape index (κ3) is 4.60. The van der Waals surface area contributed by atoms with Crippen molar-refractivity contribution < 1.29 is 14.3 Å². The molecule has 1 aromatic rings. The number of amides is 1. The van der Waals surface area contributed by atoms with Crippen LogP contribution in [0.1, 0.15) is 25.7 Å². The minimum Gasteiger partial charge on any atom is -0.486 e. The molecule has 6 heteroatoms. The number of nitrogens with one attached hydrogen (secondary N) is 2. The molecule has 2 saturated heterocycles. The lowest BCUT2D eigenvalue weighted by Gasteiger charge is -2.17. The predicted octanol–water partition coefficient (Wildman–Crippen LogP) is 2.36. The number of carbonyl (C=O) groups excluding carboxylic acids is 1. The molecule has 0 spiro atoms. The maximum absolute atomic E-state index is 12.1. The topological polar surface area (TPSA) is 59.6 Å². The van der Waals surface area contributed by atoms with Crippen LogP contribution in [0.15, 0.2) is 24.3 Å². The first-order valence-electron chi connectivity index (χ1n) is 7.68. The Morgan fingerprint density at radius 3 is 2.95 bits per heavy atom. The number of benzene rings is 1. The van der Waals surface area contributed by atoms with Gasteiger partial charge in [0.2, 0.25) is 5.91 Å². The minimum atomic E-state index is 0. The molecule has 0 bridgehead atoms. The number of hydrogen-bond acceptors (Lipinski definition) is 4. The van der Waals surface area contributed by atoms with Crippen molar-refractivity contribution >= 4 is 24.0 Å². The van der Waals surface area contributed by atoms with Gasteiger partial charge >= 0.3 is 0 Å². The number of anilines is 1. The van der Waals surface area contributed by atoms with E-state index in [2.05, 4.69) is 10.6 Å². The molecule has 2 heterocycles. The summed E-state index contributed by atoms with van der Waals surface area (Å²) in [6.45, 7) is 2.38. The first kappa shape index (κ1) is 17.1. The smallest absolute Gasteiger partial charge is 0.226 e. The predicted molar refractivity (Wildman–Crippen MR) is 87.8 cm³/mol. The molecule has 2 unspecified atom stereocenters. The Labute approximate surface area is 137 Å². The Hall–Kier alpha value is -1.30. The fourth-order valence-corrected chi connectivity index (χ4v) is 2.81. The molecule has 0 saturated carbocycles. The lowest BCUT2D eigenvalue weighted by atomic mass is 10.1. The summed E-state index contributed by atoms with van der Waals surface area (Å²) >= 11 is 0. The average molecular weight is 327 g/mol. The van der Waals surface area contributed by atoms with Crippen molar-refractivity contribution in [2.45, 2.75) is 37.8 Å². The summed E-state index contributed by atoms with van der Waals surface area (Å²) < 4.78 is 11.2. The summed E-state index contributed by atoms with van der Waals surface area (Å²) in [4.78, 5) is 12.1. The molecule has 2 atom stereocenters. The Kier molecular flexibility index (Phi) is 6.49. The molecule has 3 rings (SSSR count).